The zero-order valence-electron chi connectivity index (χ0n) is 15.8. The van der Waals surface area contributed by atoms with Crippen molar-refractivity contribution in [3.63, 3.8) is 0 Å². The zero-order valence-corrected chi connectivity index (χ0v) is 15.8. The van der Waals surface area contributed by atoms with Crippen LogP contribution in [0, 0.1) is 0 Å². The van der Waals surface area contributed by atoms with Gasteiger partial charge in [-0.15, -0.1) is 0 Å². The molecule has 0 aliphatic heterocycles. The number of hydrogen-bond acceptors (Lipinski definition) is 6. The predicted molar refractivity (Wildman–Crippen MR) is 106 cm³/mol. The van der Waals surface area contributed by atoms with Crippen molar-refractivity contribution in [3.05, 3.63) is 83.8 Å². The first-order chi connectivity index (χ1) is 14.5. The van der Waals surface area contributed by atoms with Crippen molar-refractivity contribution in [2.45, 2.75) is 6.61 Å². The van der Waals surface area contributed by atoms with E-state index in [4.69, 9.17) is 19.6 Å². The largest absolute Gasteiger partial charge is 0.486 e. The van der Waals surface area contributed by atoms with Gasteiger partial charge in [-0.1, -0.05) is 30.3 Å². The third kappa shape index (κ3) is 5.61. The third-order valence-corrected chi connectivity index (χ3v) is 3.84. The summed E-state index contributed by atoms with van der Waals surface area (Å²) in [4.78, 5) is 35.3. The van der Waals surface area contributed by atoms with Crippen LogP contribution in [-0.4, -0.2) is 24.3 Å². The molecule has 1 heterocycles. The van der Waals surface area contributed by atoms with Crippen molar-refractivity contribution in [1.82, 2.24) is 10.9 Å². The molecule has 0 atom stereocenters. The van der Waals surface area contributed by atoms with Gasteiger partial charge in [0.2, 0.25) is 0 Å². The molecule has 2 aromatic carbocycles. The van der Waals surface area contributed by atoms with Gasteiger partial charge < -0.3 is 19.6 Å². The quantitative estimate of drug-likeness (QED) is 0.486. The van der Waals surface area contributed by atoms with Gasteiger partial charge in [-0.2, -0.15) is 0 Å². The Labute approximate surface area is 171 Å². The maximum atomic E-state index is 12.1. The highest BCUT2D eigenvalue weighted by atomic mass is 16.5. The number of carbonyl (C=O) groups excluding carboxylic acids is 3. The summed E-state index contributed by atoms with van der Waals surface area (Å²) in [5.74, 6) is -0.674. The lowest BCUT2D eigenvalue weighted by Gasteiger charge is -2.10. The second kappa shape index (κ2) is 9.78. The number of carbonyl (C=O) groups is 3. The highest BCUT2D eigenvalue weighted by Gasteiger charge is 2.14. The molecule has 0 saturated carbocycles. The van der Waals surface area contributed by atoms with E-state index in [1.165, 1.54) is 18.2 Å². The van der Waals surface area contributed by atoms with Gasteiger partial charge in [-0.25, -0.2) is 0 Å². The molecule has 9 nitrogen and oxygen atoms in total. The zero-order chi connectivity index (χ0) is 21.3. The van der Waals surface area contributed by atoms with E-state index >= 15 is 0 Å². The number of para-hydroxylation sites is 2. The number of nitrogens with one attached hydrogen (secondary N) is 2. The molecule has 4 N–H and O–H groups in total. The minimum absolute atomic E-state index is 0.00181. The number of hydrazine groups is 1. The van der Waals surface area contributed by atoms with Crippen LogP contribution in [0.3, 0.4) is 0 Å². The van der Waals surface area contributed by atoms with Crippen LogP contribution < -0.4 is 26.1 Å². The number of furan rings is 1. The Bertz CT molecular complexity index is 1030. The lowest BCUT2D eigenvalue weighted by Crippen LogP contribution is -2.43. The van der Waals surface area contributed by atoms with Crippen molar-refractivity contribution < 1.29 is 28.3 Å². The standard InChI is InChI=1S/C21H19N3O6/c22-20(26)16-8-4-5-9-17(16)29-13-19(25)23-24-21(27)18-11-10-15(30-18)12-28-14-6-2-1-3-7-14/h1-11H,12-13H2,(H2,22,26)(H,23,25)(H,24,27). The van der Waals surface area contributed by atoms with Gasteiger partial charge >= 0.3 is 5.91 Å². The first-order valence-electron chi connectivity index (χ1n) is 8.90. The summed E-state index contributed by atoms with van der Waals surface area (Å²) in [5, 5.41) is 0. The Morgan fingerprint density at radius 1 is 0.867 bits per heavy atom. The SMILES string of the molecule is NC(=O)c1ccccc1OCC(=O)NNC(=O)c1ccc(COc2ccccc2)o1. The van der Waals surface area contributed by atoms with Crippen LogP contribution in [0.4, 0.5) is 0 Å². The average molecular weight is 409 g/mol. The molecule has 0 radical (unpaired) electrons. The predicted octanol–water partition coefficient (Wildman–Crippen LogP) is 1.80. The fraction of sp³-hybridized carbons (Fsp3) is 0.0952. The molecule has 9 heteroatoms. The van der Waals surface area contributed by atoms with Crippen molar-refractivity contribution in [3.8, 4) is 11.5 Å². The van der Waals surface area contributed by atoms with Crippen LogP contribution >= 0.6 is 0 Å². The minimum atomic E-state index is -0.677. The van der Waals surface area contributed by atoms with Crippen molar-refractivity contribution in [1.29, 1.82) is 0 Å². The Morgan fingerprint density at radius 3 is 2.37 bits per heavy atom. The third-order valence-electron chi connectivity index (χ3n) is 3.84. The van der Waals surface area contributed by atoms with Gasteiger partial charge in [0, 0.05) is 0 Å². The van der Waals surface area contributed by atoms with Crippen LogP contribution in [0.2, 0.25) is 0 Å². The van der Waals surface area contributed by atoms with E-state index in [0.717, 1.165) is 0 Å². The molecule has 0 spiro atoms. The first kappa shape index (κ1) is 20.5. The van der Waals surface area contributed by atoms with Crippen molar-refractivity contribution in [2.24, 2.45) is 5.73 Å². The molecule has 154 valence electrons. The number of nitrogens with two attached hydrogens (primary N) is 1. The molecule has 0 saturated heterocycles. The number of benzene rings is 2. The van der Waals surface area contributed by atoms with Crippen molar-refractivity contribution in [2.75, 3.05) is 6.61 Å². The molecule has 3 rings (SSSR count). The Morgan fingerprint density at radius 2 is 1.60 bits per heavy atom. The van der Waals surface area contributed by atoms with Crippen LogP contribution in [0.25, 0.3) is 0 Å². The summed E-state index contributed by atoms with van der Waals surface area (Å²) in [6.45, 7) is -0.282. The molecule has 30 heavy (non-hydrogen) atoms. The van der Waals surface area contributed by atoms with Crippen LogP contribution in [0.1, 0.15) is 26.7 Å². The highest BCUT2D eigenvalue weighted by Crippen LogP contribution is 2.17. The number of rotatable bonds is 8. The van der Waals surface area contributed by atoms with Gasteiger partial charge in [0.05, 0.1) is 5.56 Å². The summed E-state index contributed by atoms with van der Waals surface area (Å²) in [6, 6.07) is 18.5. The molecule has 0 bridgehead atoms. The number of amides is 3. The molecule has 0 unspecified atom stereocenters. The molecule has 3 amide bonds. The maximum Gasteiger partial charge on any atom is 0.305 e. The maximum absolute atomic E-state index is 12.1. The number of hydrogen-bond donors (Lipinski definition) is 3. The summed E-state index contributed by atoms with van der Waals surface area (Å²) in [7, 11) is 0. The minimum Gasteiger partial charge on any atom is -0.486 e. The normalized spacial score (nSPS) is 10.1. The molecule has 0 fully saturated rings. The van der Waals surface area contributed by atoms with Gasteiger partial charge in [-0.05, 0) is 36.4 Å². The molecule has 0 aliphatic rings. The van der Waals surface area contributed by atoms with Gasteiger partial charge in [0.15, 0.2) is 12.4 Å². The summed E-state index contributed by atoms with van der Waals surface area (Å²) < 4.78 is 16.2. The van der Waals surface area contributed by atoms with E-state index in [9.17, 15) is 14.4 Å². The first-order valence-corrected chi connectivity index (χ1v) is 8.90. The van der Waals surface area contributed by atoms with Crippen LogP contribution in [-0.2, 0) is 11.4 Å². The Kier molecular flexibility index (Phi) is 6.67. The van der Waals surface area contributed by atoms with Crippen molar-refractivity contribution >= 4 is 17.7 Å². The van der Waals surface area contributed by atoms with E-state index in [0.29, 0.717) is 11.5 Å². The lowest BCUT2D eigenvalue weighted by molar-refractivity contribution is -0.123. The Hall–Kier alpha value is -4.27. The Balaban J connectivity index is 1.45. The highest BCUT2D eigenvalue weighted by molar-refractivity contribution is 5.96. The van der Waals surface area contributed by atoms with E-state index in [-0.39, 0.29) is 23.7 Å². The second-order valence-corrected chi connectivity index (χ2v) is 6.02. The average Bonchev–Trinajstić information content (AvgIpc) is 3.24. The molecular weight excluding hydrogens is 390 g/mol. The topological polar surface area (TPSA) is 133 Å². The van der Waals surface area contributed by atoms with E-state index < -0.39 is 24.3 Å². The van der Waals surface area contributed by atoms with E-state index in [2.05, 4.69) is 10.9 Å². The van der Waals surface area contributed by atoms with Crippen LogP contribution in [0.5, 0.6) is 11.5 Å². The summed E-state index contributed by atoms with van der Waals surface area (Å²) in [6.07, 6.45) is 0. The second-order valence-electron chi connectivity index (χ2n) is 6.02. The van der Waals surface area contributed by atoms with Gasteiger partial charge in [-0.3, -0.25) is 25.2 Å². The number of primary amides is 1. The fourth-order valence-electron chi connectivity index (χ4n) is 2.41. The summed E-state index contributed by atoms with van der Waals surface area (Å²) >= 11 is 0. The smallest absolute Gasteiger partial charge is 0.305 e. The molecule has 0 aliphatic carbocycles. The van der Waals surface area contributed by atoms with E-state index in [1.54, 1.807) is 30.3 Å². The monoisotopic (exact) mass is 409 g/mol. The van der Waals surface area contributed by atoms with Gasteiger partial charge in [0.1, 0.15) is 23.9 Å². The lowest BCUT2D eigenvalue weighted by atomic mass is 10.2. The molecule has 3 aromatic rings. The summed E-state index contributed by atoms with van der Waals surface area (Å²) in [5.41, 5.74) is 9.80. The van der Waals surface area contributed by atoms with Crippen LogP contribution in [0.15, 0.2) is 71.1 Å². The molecule has 1 aromatic heterocycles. The fourth-order valence-corrected chi connectivity index (χ4v) is 2.41. The van der Waals surface area contributed by atoms with E-state index in [1.807, 2.05) is 18.2 Å². The number of ether oxygens (including phenoxy) is 2. The molecular formula is C21H19N3O6. The van der Waals surface area contributed by atoms with Gasteiger partial charge in [0.25, 0.3) is 11.8 Å².